The molecule has 0 aliphatic carbocycles. The summed E-state index contributed by atoms with van der Waals surface area (Å²) in [5, 5.41) is 0. The van der Waals surface area contributed by atoms with Crippen molar-refractivity contribution in [3.63, 3.8) is 0 Å². The number of halogens is 1. The van der Waals surface area contributed by atoms with Gasteiger partial charge in [-0.15, -0.1) is 12.4 Å². The van der Waals surface area contributed by atoms with Crippen molar-refractivity contribution in [1.82, 2.24) is 19.5 Å². The number of carbonyl (C=O) groups excluding carboxylic acids is 1. The third kappa shape index (κ3) is 4.54. The number of anilines is 1. The number of Topliss-reactive ketones (excluding diaryl/α,β-unsaturated/α-hetero) is 1. The van der Waals surface area contributed by atoms with E-state index < -0.39 is 0 Å². The number of pyridine rings is 2. The van der Waals surface area contributed by atoms with Crippen LogP contribution in [0.25, 0.3) is 11.3 Å². The summed E-state index contributed by atoms with van der Waals surface area (Å²) in [6.07, 6.45) is 7.52. The van der Waals surface area contributed by atoms with Crippen LogP contribution in [0.5, 0.6) is 0 Å². The molecule has 33 heavy (non-hydrogen) atoms. The summed E-state index contributed by atoms with van der Waals surface area (Å²) in [6, 6.07) is 18.2. The first-order valence-corrected chi connectivity index (χ1v) is 10.5. The predicted octanol–water partition coefficient (Wildman–Crippen LogP) is 3.96. The van der Waals surface area contributed by atoms with Crippen LogP contribution in [-0.2, 0) is 6.54 Å². The summed E-state index contributed by atoms with van der Waals surface area (Å²) in [5.74, 6) is 0.475. The Balaban J connectivity index is 0.00000259. The molecule has 0 radical (unpaired) electrons. The van der Waals surface area contributed by atoms with E-state index in [1.807, 2.05) is 59.5 Å². The van der Waals surface area contributed by atoms with Gasteiger partial charge in [0.2, 0.25) is 5.95 Å². The number of nitrogens with zero attached hydrogens (tertiary/aromatic N) is 5. The molecule has 5 rings (SSSR count). The van der Waals surface area contributed by atoms with Crippen molar-refractivity contribution in [1.29, 1.82) is 0 Å². The van der Waals surface area contributed by atoms with Gasteiger partial charge in [-0.25, -0.2) is 4.98 Å². The van der Waals surface area contributed by atoms with E-state index in [2.05, 4.69) is 9.97 Å². The zero-order valence-electron chi connectivity index (χ0n) is 17.7. The highest BCUT2D eigenvalue weighted by atomic mass is 35.5. The molecule has 3 aromatic heterocycles. The van der Waals surface area contributed by atoms with E-state index in [-0.39, 0.29) is 36.3 Å². The molecule has 4 aromatic rings. The van der Waals surface area contributed by atoms with Gasteiger partial charge in [-0.05, 0) is 36.2 Å². The van der Waals surface area contributed by atoms with Crippen molar-refractivity contribution in [3.05, 3.63) is 107 Å². The molecule has 8 heteroatoms. The fourth-order valence-corrected chi connectivity index (χ4v) is 4.12. The van der Waals surface area contributed by atoms with Gasteiger partial charge in [-0.1, -0.05) is 30.3 Å². The van der Waals surface area contributed by atoms with E-state index >= 15 is 0 Å². The minimum absolute atomic E-state index is 0. The quantitative estimate of drug-likeness (QED) is 0.420. The molecule has 0 saturated heterocycles. The average molecular weight is 460 g/mol. The summed E-state index contributed by atoms with van der Waals surface area (Å²) < 4.78 is 1.65. The van der Waals surface area contributed by atoms with Crippen LogP contribution in [0.15, 0.2) is 90.2 Å². The van der Waals surface area contributed by atoms with Crippen molar-refractivity contribution in [3.8, 4) is 11.3 Å². The summed E-state index contributed by atoms with van der Waals surface area (Å²) >= 11 is 0. The Hall–Kier alpha value is -3.84. The number of fused-ring (bicyclic) bond motifs is 1. The van der Waals surface area contributed by atoms with Crippen molar-refractivity contribution in [2.75, 3.05) is 11.4 Å². The molecule has 1 atom stereocenters. The SMILES string of the molecule is Cl.O=C(CN1c2nc(-c3ccncc3)cc(=O)n2CCC1c1ccncc1)c1ccccc1. The predicted molar refractivity (Wildman–Crippen MR) is 129 cm³/mol. The zero-order valence-corrected chi connectivity index (χ0v) is 18.6. The standard InChI is InChI=1S/C25H21N5O2.ClH/c31-23(20-4-2-1-3-5-20)17-30-22(19-8-13-27-14-9-19)10-15-29-24(32)16-21(28-25(29)30)18-6-11-26-12-7-18;/h1-9,11-14,16,22H,10,15,17H2;1H. The van der Waals surface area contributed by atoms with Crippen LogP contribution in [0.3, 0.4) is 0 Å². The second-order valence-corrected chi connectivity index (χ2v) is 7.67. The molecule has 1 aliphatic rings. The molecule has 4 heterocycles. The zero-order chi connectivity index (χ0) is 21.9. The van der Waals surface area contributed by atoms with Crippen LogP contribution in [0.4, 0.5) is 5.95 Å². The molecule has 1 aromatic carbocycles. The Kier molecular flexibility index (Phi) is 6.60. The maximum Gasteiger partial charge on any atom is 0.255 e. The third-order valence-corrected chi connectivity index (χ3v) is 5.72. The highest BCUT2D eigenvalue weighted by molar-refractivity contribution is 5.99. The van der Waals surface area contributed by atoms with E-state index in [1.54, 1.807) is 35.4 Å². The lowest BCUT2D eigenvalue weighted by atomic mass is 10.00. The molecule has 0 spiro atoms. The van der Waals surface area contributed by atoms with Crippen molar-refractivity contribution in [2.45, 2.75) is 19.0 Å². The number of rotatable bonds is 5. The van der Waals surface area contributed by atoms with Gasteiger partial charge in [-0.3, -0.25) is 24.1 Å². The number of ketones is 1. The topological polar surface area (TPSA) is 81.0 Å². The maximum atomic E-state index is 13.2. The van der Waals surface area contributed by atoms with E-state index in [1.165, 1.54) is 0 Å². The Morgan fingerprint density at radius 2 is 1.61 bits per heavy atom. The number of benzene rings is 1. The Bertz CT molecular complexity index is 1300. The third-order valence-electron chi connectivity index (χ3n) is 5.72. The van der Waals surface area contributed by atoms with Gasteiger partial charge in [0, 0.05) is 48.5 Å². The fraction of sp³-hybridized carbons (Fsp3) is 0.160. The lowest BCUT2D eigenvalue weighted by Gasteiger charge is -2.38. The number of hydrogen-bond donors (Lipinski definition) is 0. The van der Waals surface area contributed by atoms with Gasteiger partial charge in [0.15, 0.2) is 5.78 Å². The summed E-state index contributed by atoms with van der Waals surface area (Å²) in [5.41, 5.74) is 2.91. The molecular formula is C25H22ClN5O2. The largest absolute Gasteiger partial charge is 0.327 e. The minimum atomic E-state index is -0.132. The Labute approximate surface area is 197 Å². The van der Waals surface area contributed by atoms with E-state index in [4.69, 9.17) is 4.98 Å². The van der Waals surface area contributed by atoms with Crippen molar-refractivity contribution in [2.24, 2.45) is 0 Å². The van der Waals surface area contributed by atoms with Crippen LogP contribution in [0.2, 0.25) is 0 Å². The van der Waals surface area contributed by atoms with Gasteiger partial charge in [-0.2, -0.15) is 0 Å². The maximum absolute atomic E-state index is 13.2. The lowest BCUT2D eigenvalue weighted by Crippen LogP contribution is -2.43. The molecule has 0 amide bonds. The van der Waals surface area contributed by atoms with Crippen LogP contribution >= 0.6 is 12.4 Å². The lowest BCUT2D eigenvalue weighted by molar-refractivity contribution is 0.0994. The first-order chi connectivity index (χ1) is 15.7. The smallest absolute Gasteiger partial charge is 0.255 e. The monoisotopic (exact) mass is 459 g/mol. The minimum Gasteiger partial charge on any atom is -0.327 e. The molecule has 1 unspecified atom stereocenters. The van der Waals surface area contributed by atoms with Crippen LogP contribution in [-0.4, -0.2) is 31.8 Å². The van der Waals surface area contributed by atoms with Crippen molar-refractivity contribution >= 4 is 24.1 Å². The van der Waals surface area contributed by atoms with Gasteiger partial charge in [0.05, 0.1) is 18.3 Å². The van der Waals surface area contributed by atoms with Crippen molar-refractivity contribution < 1.29 is 4.79 Å². The average Bonchev–Trinajstić information content (AvgIpc) is 2.86. The molecule has 1 aliphatic heterocycles. The van der Waals surface area contributed by atoms with E-state index in [9.17, 15) is 9.59 Å². The summed E-state index contributed by atoms with van der Waals surface area (Å²) in [4.78, 5) is 41.1. The highest BCUT2D eigenvalue weighted by Crippen LogP contribution is 2.34. The summed E-state index contributed by atoms with van der Waals surface area (Å²) in [7, 11) is 0. The molecular weight excluding hydrogens is 438 g/mol. The molecule has 0 N–H and O–H groups in total. The van der Waals surface area contributed by atoms with Crippen LogP contribution in [0, 0.1) is 0 Å². The molecule has 0 saturated carbocycles. The van der Waals surface area contributed by atoms with Gasteiger partial charge < -0.3 is 4.90 Å². The first-order valence-electron chi connectivity index (χ1n) is 10.5. The van der Waals surface area contributed by atoms with Gasteiger partial charge >= 0.3 is 0 Å². The van der Waals surface area contributed by atoms with Gasteiger partial charge in [0.1, 0.15) is 0 Å². The number of hydrogen-bond acceptors (Lipinski definition) is 6. The number of carbonyl (C=O) groups is 1. The van der Waals surface area contributed by atoms with E-state index in [0.717, 1.165) is 11.1 Å². The second-order valence-electron chi connectivity index (χ2n) is 7.67. The number of aromatic nitrogens is 4. The second kappa shape index (κ2) is 9.75. The highest BCUT2D eigenvalue weighted by Gasteiger charge is 2.31. The Morgan fingerprint density at radius 1 is 0.939 bits per heavy atom. The summed E-state index contributed by atoms with van der Waals surface area (Å²) in [6.45, 7) is 0.643. The fourth-order valence-electron chi connectivity index (χ4n) is 4.12. The van der Waals surface area contributed by atoms with Crippen LogP contribution < -0.4 is 10.5 Å². The Morgan fingerprint density at radius 3 is 2.30 bits per heavy atom. The molecule has 0 bridgehead atoms. The van der Waals surface area contributed by atoms with Gasteiger partial charge in [0.25, 0.3) is 5.56 Å². The van der Waals surface area contributed by atoms with Crippen LogP contribution in [0.1, 0.15) is 28.4 Å². The molecule has 166 valence electrons. The normalized spacial score (nSPS) is 14.8. The molecule has 7 nitrogen and oxygen atoms in total. The first kappa shape index (κ1) is 22.4. The van der Waals surface area contributed by atoms with E-state index in [0.29, 0.717) is 30.2 Å². The molecule has 0 fully saturated rings.